The third kappa shape index (κ3) is 5.20. The lowest BCUT2D eigenvalue weighted by atomic mass is 10.1. The molecule has 0 bridgehead atoms. The molecule has 0 aliphatic carbocycles. The van der Waals surface area contributed by atoms with Crippen molar-refractivity contribution < 1.29 is 18.0 Å². The van der Waals surface area contributed by atoms with Crippen LogP contribution in [0.4, 0.5) is 5.69 Å². The van der Waals surface area contributed by atoms with Gasteiger partial charge in [0.15, 0.2) is 20.8 Å². The summed E-state index contributed by atoms with van der Waals surface area (Å²) in [5.74, 6) is 1.25. The lowest BCUT2D eigenvalue weighted by molar-refractivity contribution is -0.114. The first-order valence-corrected chi connectivity index (χ1v) is 11.7. The van der Waals surface area contributed by atoms with E-state index >= 15 is 0 Å². The van der Waals surface area contributed by atoms with Gasteiger partial charge in [0, 0.05) is 31.6 Å². The summed E-state index contributed by atoms with van der Waals surface area (Å²) < 4.78 is 25.0. The number of anilines is 1. The van der Waals surface area contributed by atoms with Crippen LogP contribution < -0.4 is 5.32 Å². The van der Waals surface area contributed by atoms with Gasteiger partial charge >= 0.3 is 0 Å². The Morgan fingerprint density at radius 1 is 1.25 bits per heavy atom. The number of thioether (sulfide) groups is 1. The predicted molar refractivity (Wildman–Crippen MR) is 107 cm³/mol. The van der Waals surface area contributed by atoms with Gasteiger partial charge in [-0.3, -0.25) is 9.59 Å². The van der Waals surface area contributed by atoms with Gasteiger partial charge in [-0.1, -0.05) is 11.8 Å². The molecule has 1 aromatic heterocycles. The molecule has 0 radical (unpaired) electrons. The Morgan fingerprint density at radius 2 is 1.96 bits per heavy atom. The van der Waals surface area contributed by atoms with Crippen LogP contribution in [0.2, 0.25) is 0 Å². The number of Topliss-reactive ketones (excluding diaryl/α,β-unsaturated/α-hetero) is 1. The van der Waals surface area contributed by atoms with Gasteiger partial charge in [0.2, 0.25) is 5.91 Å². The van der Waals surface area contributed by atoms with Crippen molar-refractivity contribution in [2.24, 2.45) is 13.0 Å². The second-order valence-corrected chi connectivity index (χ2v) is 10.1. The van der Waals surface area contributed by atoms with E-state index in [0.717, 1.165) is 5.82 Å². The van der Waals surface area contributed by atoms with Crippen molar-refractivity contribution in [3.63, 3.8) is 0 Å². The number of hydrogen-bond donors (Lipinski definition) is 1. The minimum absolute atomic E-state index is 0.0502. The minimum Gasteiger partial charge on any atom is -0.326 e. The summed E-state index contributed by atoms with van der Waals surface area (Å²) in [5.41, 5.74) is 1.20. The van der Waals surface area contributed by atoms with Gasteiger partial charge in [-0.25, -0.2) is 8.42 Å². The van der Waals surface area contributed by atoms with Gasteiger partial charge in [0.05, 0.1) is 17.3 Å². The third-order valence-corrected chi connectivity index (χ3v) is 7.44. The maximum absolute atomic E-state index is 12.4. The maximum atomic E-state index is 12.4. The summed E-state index contributed by atoms with van der Waals surface area (Å²) in [6, 6.07) is 6.73. The first-order chi connectivity index (χ1) is 13.2. The summed E-state index contributed by atoms with van der Waals surface area (Å²) in [4.78, 5) is 23.4. The fourth-order valence-corrected chi connectivity index (χ4v) is 5.78. The van der Waals surface area contributed by atoms with Gasteiger partial charge in [0.1, 0.15) is 5.82 Å². The Bertz CT molecular complexity index is 984. The molecular formula is C18H22N4O4S2. The molecule has 1 aliphatic heterocycles. The molecule has 10 heteroatoms. The summed E-state index contributed by atoms with van der Waals surface area (Å²) in [5, 5.41) is 11.6. The molecule has 1 N–H and O–H groups in total. The summed E-state index contributed by atoms with van der Waals surface area (Å²) >= 11 is 1.30. The molecule has 150 valence electrons. The van der Waals surface area contributed by atoms with Crippen molar-refractivity contribution in [3.05, 3.63) is 35.7 Å². The fourth-order valence-electron chi connectivity index (χ4n) is 3.10. The maximum Gasteiger partial charge on any atom is 0.221 e. The monoisotopic (exact) mass is 422 g/mol. The Morgan fingerprint density at radius 3 is 2.57 bits per heavy atom. The quantitative estimate of drug-likeness (QED) is 0.534. The molecule has 1 fully saturated rings. The van der Waals surface area contributed by atoms with Crippen molar-refractivity contribution in [2.75, 3.05) is 22.6 Å². The summed E-state index contributed by atoms with van der Waals surface area (Å²) in [6.07, 6.45) is 1.23. The molecule has 0 saturated carbocycles. The highest BCUT2D eigenvalue weighted by Gasteiger charge is 2.29. The number of aromatic nitrogens is 3. The van der Waals surface area contributed by atoms with Crippen molar-refractivity contribution in [3.8, 4) is 0 Å². The number of sulfone groups is 1. The van der Waals surface area contributed by atoms with Gasteiger partial charge in [-0.05, 0) is 36.6 Å². The molecule has 28 heavy (non-hydrogen) atoms. The average Bonchev–Trinajstić information content (AvgIpc) is 3.15. The number of amides is 1. The molecule has 0 spiro atoms. The average molecular weight is 423 g/mol. The van der Waals surface area contributed by atoms with E-state index in [-0.39, 0.29) is 34.9 Å². The van der Waals surface area contributed by atoms with E-state index in [0.29, 0.717) is 29.2 Å². The van der Waals surface area contributed by atoms with Crippen LogP contribution in [0.25, 0.3) is 0 Å². The number of carbonyl (C=O) groups is 2. The van der Waals surface area contributed by atoms with Gasteiger partial charge in [-0.15, -0.1) is 10.2 Å². The highest BCUT2D eigenvalue weighted by Crippen LogP contribution is 2.24. The number of carbonyl (C=O) groups excluding carboxylic acids is 2. The first kappa shape index (κ1) is 20.5. The van der Waals surface area contributed by atoms with E-state index < -0.39 is 9.84 Å². The summed E-state index contributed by atoms with van der Waals surface area (Å²) in [6.45, 7) is 1.43. The highest BCUT2D eigenvalue weighted by atomic mass is 32.2. The Hall–Kier alpha value is -2.20. The van der Waals surface area contributed by atoms with Gasteiger partial charge < -0.3 is 9.88 Å². The predicted octanol–water partition coefficient (Wildman–Crippen LogP) is 1.73. The number of nitrogens with one attached hydrogen (secondary N) is 1. The number of rotatable bonds is 7. The van der Waals surface area contributed by atoms with Crippen LogP contribution in [0.3, 0.4) is 0 Å². The molecule has 1 aliphatic rings. The van der Waals surface area contributed by atoms with E-state index in [1.54, 1.807) is 24.3 Å². The van der Waals surface area contributed by atoms with Crippen LogP contribution in [0.1, 0.15) is 29.5 Å². The second-order valence-electron chi connectivity index (χ2n) is 6.90. The zero-order valence-electron chi connectivity index (χ0n) is 15.7. The molecule has 2 heterocycles. The highest BCUT2D eigenvalue weighted by molar-refractivity contribution is 7.99. The van der Waals surface area contributed by atoms with Gasteiger partial charge in [-0.2, -0.15) is 0 Å². The molecule has 8 nitrogen and oxygen atoms in total. The van der Waals surface area contributed by atoms with E-state index in [1.807, 2.05) is 11.6 Å². The van der Waals surface area contributed by atoms with Crippen LogP contribution in [0.5, 0.6) is 0 Å². The Kier molecular flexibility index (Phi) is 6.19. The van der Waals surface area contributed by atoms with Crippen LogP contribution in [-0.2, 0) is 28.1 Å². The molecule has 1 atom stereocenters. The lowest BCUT2D eigenvalue weighted by Crippen LogP contribution is -2.11. The SMILES string of the molecule is CC(=O)Nc1ccc(C(=O)CSc2nnc(CC3CCS(=O)(=O)C3)n2C)cc1. The molecule has 1 amide bonds. The molecular weight excluding hydrogens is 400 g/mol. The van der Waals surface area contributed by atoms with Gasteiger partial charge in [0.25, 0.3) is 0 Å². The van der Waals surface area contributed by atoms with E-state index in [4.69, 9.17) is 0 Å². The van der Waals surface area contributed by atoms with Crippen molar-refractivity contribution >= 4 is 39.0 Å². The van der Waals surface area contributed by atoms with Crippen molar-refractivity contribution in [2.45, 2.75) is 24.9 Å². The van der Waals surface area contributed by atoms with Crippen molar-refractivity contribution in [1.29, 1.82) is 0 Å². The third-order valence-electron chi connectivity index (χ3n) is 4.58. The molecule has 2 aromatic rings. The van der Waals surface area contributed by atoms with Crippen LogP contribution in [0.15, 0.2) is 29.4 Å². The minimum atomic E-state index is -2.91. The van der Waals surface area contributed by atoms with E-state index in [9.17, 15) is 18.0 Å². The molecule has 1 aromatic carbocycles. The zero-order chi connectivity index (χ0) is 20.3. The Labute approximate surface area is 168 Å². The van der Waals surface area contributed by atoms with E-state index in [1.165, 1.54) is 18.7 Å². The van der Waals surface area contributed by atoms with Crippen molar-refractivity contribution in [1.82, 2.24) is 14.8 Å². The second kappa shape index (κ2) is 8.44. The molecule has 1 saturated heterocycles. The standard InChI is InChI=1S/C18H22N4O4S2/c1-12(23)19-15-5-3-14(4-6-15)16(24)10-27-18-21-20-17(22(18)2)9-13-7-8-28(25,26)11-13/h3-6,13H,7-11H2,1-2H3,(H,19,23). The smallest absolute Gasteiger partial charge is 0.221 e. The number of nitrogens with zero attached hydrogens (tertiary/aromatic N) is 3. The summed E-state index contributed by atoms with van der Waals surface area (Å²) in [7, 11) is -1.09. The van der Waals surface area contributed by atoms with E-state index in [2.05, 4.69) is 15.5 Å². The lowest BCUT2D eigenvalue weighted by Gasteiger charge is -2.07. The number of ketones is 1. The topological polar surface area (TPSA) is 111 Å². The fraction of sp³-hybridized carbons (Fsp3) is 0.444. The first-order valence-electron chi connectivity index (χ1n) is 8.86. The molecule has 1 unspecified atom stereocenters. The largest absolute Gasteiger partial charge is 0.326 e. The number of hydrogen-bond acceptors (Lipinski definition) is 7. The van der Waals surface area contributed by atoms with Crippen LogP contribution in [0, 0.1) is 5.92 Å². The molecule has 3 rings (SSSR count). The Balaban J connectivity index is 1.56. The van der Waals surface area contributed by atoms with Crippen LogP contribution >= 0.6 is 11.8 Å². The normalized spacial score (nSPS) is 18.1. The van der Waals surface area contributed by atoms with Crippen LogP contribution in [-0.4, -0.2) is 52.1 Å². The number of benzene rings is 1. The zero-order valence-corrected chi connectivity index (χ0v) is 17.3.